The van der Waals surface area contributed by atoms with Crippen molar-refractivity contribution < 1.29 is 14.3 Å². The van der Waals surface area contributed by atoms with Crippen LogP contribution in [-0.2, 0) is 0 Å². The summed E-state index contributed by atoms with van der Waals surface area (Å²) in [5.41, 5.74) is 3.58. The summed E-state index contributed by atoms with van der Waals surface area (Å²) < 4.78 is 12.3. The quantitative estimate of drug-likeness (QED) is 0.800. The van der Waals surface area contributed by atoms with Gasteiger partial charge in [-0.2, -0.15) is 0 Å². The molecule has 0 aliphatic carbocycles. The lowest BCUT2D eigenvalue weighted by molar-refractivity contribution is 0.102. The van der Waals surface area contributed by atoms with Gasteiger partial charge in [0.15, 0.2) is 0 Å². The Bertz CT molecular complexity index is 893. The number of carbonyl (C=O) groups is 1. The molecule has 3 aromatic rings. The van der Waals surface area contributed by atoms with Crippen molar-refractivity contribution in [3.8, 4) is 11.5 Å². The first kappa shape index (κ1) is 15.9. The van der Waals surface area contributed by atoms with Crippen LogP contribution in [0.1, 0.15) is 21.7 Å². The van der Waals surface area contributed by atoms with E-state index in [0.717, 1.165) is 11.2 Å². The molecular weight excluding hydrogens is 306 g/mol. The van der Waals surface area contributed by atoms with Crippen molar-refractivity contribution in [2.45, 2.75) is 13.8 Å². The number of methoxy groups -OCH3 is 2. The Labute approximate surface area is 140 Å². The minimum Gasteiger partial charge on any atom is -0.497 e. The van der Waals surface area contributed by atoms with Crippen LogP contribution in [0.2, 0.25) is 0 Å². The van der Waals surface area contributed by atoms with Gasteiger partial charge in [-0.1, -0.05) is 6.07 Å². The molecule has 0 bridgehead atoms. The van der Waals surface area contributed by atoms with Gasteiger partial charge < -0.3 is 14.8 Å². The second-order valence-corrected chi connectivity index (χ2v) is 5.49. The molecule has 24 heavy (non-hydrogen) atoms. The predicted molar refractivity (Wildman–Crippen MR) is 92.2 cm³/mol. The summed E-state index contributed by atoms with van der Waals surface area (Å²) in [5.74, 6) is 0.978. The number of nitrogens with one attached hydrogen (secondary N) is 1. The smallest absolute Gasteiger partial charge is 0.274 e. The van der Waals surface area contributed by atoms with E-state index >= 15 is 0 Å². The number of aryl methyl sites for hydroxylation is 2. The molecule has 2 aromatic heterocycles. The molecule has 0 saturated heterocycles. The summed E-state index contributed by atoms with van der Waals surface area (Å²) in [5, 5.41) is 2.89. The lowest BCUT2D eigenvalue weighted by Crippen LogP contribution is -2.15. The van der Waals surface area contributed by atoms with E-state index in [9.17, 15) is 4.79 Å². The van der Waals surface area contributed by atoms with E-state index in [2.05, 4.69) is 10.3 Å². The van der Waals surface area contributed by atoms with E-state index < -0.39 is 0 Å². The van der Waals surface area contributed by atoms with Crippen molar-refractivity contribution in [1.29, 1.82) is 0 Å². The molecule has 6 nitrogen and oxygen atoms in total. The molecule has 0 atom stereocenters. The van der Waals surface area contributed by atoms with E-state index in [4.69, 9.17) is 9.47 Å². The summed E-state index contributed by atoms with van der Waals surface area (Å²) in [6, 6.07) is 9.10. The highest BCUT2D eigenvalue weighted by atomic mass is 16.5. The third kappa shape index (κ3) is 2.78. The Morgan fingerprint density at radius 1 is 1.12 bits per heavy atom. The minimum atomic E-state index is -0.235. The first-order valence-corrected chi connectivity index (χ1v) is 7.52. The monoisotopic (exact) mass is 325 g/mol. The number of rotatable bonds is 4. The number of imidazole rings is 1. The molecule has 1 amide bonds. The fraction of sp³-hybridized carbons (Fsp3) is 0.222. The van der Waals surface area contributed by atoms with E-state index in [1.807, 2.05) is 32.2 Å². The van der Waals surface area contributed by atoms with Crippen LogP contribution in [0.15, 0.2) is 36.5 Å². The third-order valence-corrected chi connectivity index (χ3v) is 3.84. The normalized spacial score (nSPS) is 10.7. The van der Waals surface area contributed by atoms with Crippen LogP contribution >= 0.6 is 0 Å². The van der Waals surface area contributed by atoms with Crippen molar-refractivity contribution in [3.63, 3.8) is 0 Å². The van der Waals surface area contributed by atoms with E-state index in [1.54, 1.807) is 36.8 Å². The molecule has 1 aromatic carbocycles. The molecule has 0 saturated carbocycles. The van der Waals surface area contributed by atoms with Gasteiger partial charge in [-0.05, 0) is 25.5 Å². The number of amides is 1. The van der Waals surface area contributed by atoms with Crippen LogP contribution in [0.4, 0.5) is 5.69 Å². The number of pyridine rings is 1. The van der Waals surface area contributed by atoms with Gasteiger partial charge in [-0.3, -0.25) is 9.20 Å². The number of benzene rings is 1. The SMILES string of the molecule is COc1cc(NC(=O)c2c(C)nc3c(C)cccn23)cc(OC)c1. The number of nitrogens with zero attached hydrogens (tertiary/aromatic N) is 2. The number of anilines is 1. The van der Waals surface area contributed by atoms with Gasteiger partial charge in [-0.25, -0.2) is 4.98 Å². The van der Waals surface area contributed by atoms with Crippen molar-refractivity contribution in [2.24, 2.45) is 0 Å². The Kier molecular flexibility index (Phi) is 4.12. The summed E-state index contributed by atoms with van der Waals surface area (Å²) in [7, 11) is 3.13. The number of aromatic nitrogens is 2. The molecule has 0 fully saturated rings. The molecule has 0 radical (unpaired) electrons. The van der Waals surface area contributed by atoms with Gasteiger partial charge in [0.2, 0.25) is 0 Å². The summed E-state index contributed by atoms with van der Waals surface area (Å²) >= 11 is 0. The van der Waals surface area contributed by atoms with E-state index in [1.165, 1.54) is 0 Å². The van der Waals surface area contributed by atoms with Crippen LogP contribution < -0.4 is 14.8 Å². The van der Waals surface area contributed by atoms with E-state index in [0.29, 0.717) is 28.6 Å². The maximum absolute atomic E-state index is 12.8. The van der Waals surface area contributed by atoms with Crippen molar-refractivity contribution in [2.75, 3.05) is 19.5 Å². The minimum absolute atomic E-state index is 0.235. The Morgan fingerprint density at radius 3 is 2.42 bits per heavy atom. The van der Waals surface area contributed by atoms with Gasteiger partial charge >= 0.3 is 0 Å². The molecule has 1 N–H and O–H groups in total. The van der Waals surface area contributed by atoms with Gasteiger partial charge in [0.05, 0.1) is 19.9 Å². The lowest BCUT2D eigenvalue weighted by Gasteiger charge is -2.10. The standard InChI is InChI=1S/C18H19N3O3/c1-11-6-5-7-21-16(12(2)19-17(11)21)18(22)20-13-8-14(23-3)10-15(9-13)24-4/h5-10H,1-4H3,(H,20,22). The Hall–Kier alpha value is -3.02. The van der Waals surface area contributed by atoms with Crippen LogP contribution in [0, 0.1) is 13.8 Å². The van der Waals surface area contributed by atoms with Crippen molar-refractivity contribution in [1.82, 2.24) is 9.38 Å². The fourth-order valence-electron chi connectivity index (χ4n) is 2.66. The fourth-order valence-corrected chi connectivity index (χ4v) is 2.66. The zero-order valence-corrected chi connectivity index (χ0v) is 14.1. The summed E-state index contributed by atoms with van der Waals surface area (Å²) in [6.45, 7) is 3.80. The largest absolute Gasteiger partial charge is 0.497 e. The topological polar surface area (TPSA) is 64.9 Å². The van der Waals surface area contributed by atoms with Crippen LogP contribution in [-0.4, -0.2) is 29.5 Å². The average Bonchev–Trinajstić information content (AvgIpc) is 2.92. The summed E-state index contributed by atoms with van der Waals surface area (Å²) in [4.78, 5) is 17.3. The first-order valence-electron chi connectivity index (χ1n) is 7.52. The highest BCUT2D eigenvalue weighted by Crippen LogP contribution is 2.26. The molecule has 6 heteroatoms. The molecular formula is C18H19N3O3. The lowest BCUT2D eigenvalue weighted by atomic mass is 10.2. The molecule has 0 aliphatic rings. The zero-order chi connectivity index (χ0) is 17.3. The molecule has 2 heterocycles. The molecule has 0 spiro atoms. The molecule has 0 aliphatic heterocycles. The zero-order valence-electron chi connectivity index (χ0n) is 14.1. The number of ether oxygens (including phenoxy) is 2. The Morgan fingerprint density at radius 2 is 1.79 bits per heavy atom. The molecule has 124 valence electrons. The first-order chi connectivity index (χ1) is 11.5. The van der Waals surface area contributed by atoms with Crippen molar-refractivity contribution >= 4 is 17.2 Å². The predicted octanol–water partition coefficient (Wildman–Crippen LogP) is 3.22. The second-order valence-electron chi connectivity index (χ2n) is 5.49. The van der Waals surface area contributed by atoms with E-state index in [-0.39, 0.29) is 5.91 Å². The average molecular weight is 325 g/mol. The molecule has 3 rings (SSSR count). The second kappa shape index (κ2) is 6.23. The molecule has 0 unspecified atom stereocenters. The number of carbonyl (C=O) groups excluding carboxylic acids is 1. The summed E-state index contributed by atoms with van der Waals surface area (Å²) in [6.07, 6.45) is 1.84. The van der Waals surface area contributed by atoms with Gasteiger partial charge in [0, 0.05) is 30.1 Å². The highest BCUT2D eigenvalue weighted by molar-refractivity contribution is 6.04. The van der Waals surface area contributed by atoms with Crippen LogP contribution in [0.5, 0.6) is 11.5 Å². The van der Waals surface area contributed by atoms with Gasteiger partial charge in [0.1, 0.15) is 22.8 Å². The maximum Gasteiger partial charge on any atom is 0.274 e. The van der Waals surface area contributed by atoms with Crippen LogP contribution in [0.3, 0.4) is 0 Å². The number of hydrogen-bond acceptors (Lipinski definition) is 4. The highest BCUT2D eigenvalue weighted by Gasteiger charge is 2.18. The number of hydrogen-bond donors (Lipinski definition) is 1. The van der Waals surface area contributed by atoms with Gasteiger partial charge in [0.25, 0.3) is 5.91 Å². The van der Waals surface area contributed by atoms with Crippen molar-refractivity contribution in [3.05, 3.63) is 53.5 Å². The van der Waals surface area contributed by atoms with Gasteiger partial charge in [-0.15, -0.1) is 0 Å². The third-order valence-electron chi connectivity index (χ3n) is 3.84. The maximum atomic E-state index is 12.8. The Balaban J connectivity index is 1.99. The van der Waals surface area contributed by atoms with Crippen LogP contribution in [0.25, 0.3) is 5.65 Å². The number of fused-ring (bicyclic) bond motifs is 1.